The number of amides is 1. The Hall–Kier alpha value is -1.45. The van der Waals surface area contributed by atoms with Gasteiger partial charge >= 0.3 is 6.09 Å². The first kappa shape index (κ1) is 9.12. The van der Waals surface area contributed by atoms with Crippen LogP contribution >= 0.6 is 0 Å². The van der Waals surface area contributed by atoms with Crippen LogP contribution in [0.4, 0.5) is 4.79 Å². The second-order valence-electron chi connectivity index (χ2n) is 3.35. The Morgan fingerprint density at radius 3 is 3.36 bits per heavy atom. The molecule has 1 N–H and O–H groups in total. The third-order valence-corrected chi connectivity index (χ3v) is 2.45. The van der Waals surface area contributed by atoms with Crippen LogP contribution in [0.3, 0.4) is 0 Å². The first-order chi connectivity index (χ1) is 6.81. The van der Waals surface area contributed by atoms with Gasteiger partial charge in [-0.15, -0.1) is 0 Å². The predicted octanol–water partition coefficient (Wildman–Crippen LogP) is 1.53. The number of rotatable bonds is 1. The fraction of sp³-hybridized carbons (Fsp3) is 0.500. The standard InChI is InChI=1S/C10H14N2O2/c1-2-14-10(13)12-6-4-9-8(7-12)3-5-11-9/h3,5,11H,2,4,6-7H2,1H3. The molecule has 0 saturated carbocycles. The van der Waals surface area contributed by atoms with Gasteiger partial charge in [-0.2, -0.15) is 0 Å². The molecule has 76 valence electrons. The lowest BCUT2D eigenvalue weighted by atomic mass is 10.1. The third kappa shape index (κ3) is 1.60. The molecule has 1 aromatic heterocycles. The van der Waals surface area contributed by atoms with Crippen LogP contribution in [-0.2, 0) is 17.7 Å². The maximum Gasteiger partial charge on any atom is 0.410 e. The Balaban J connectivity index is 2.04. The largest absolute Gasteiger partial charge is 0.450 e. The molecule has 4 heteroatoms. The lowest BCUT2D eigenvalue weighted by Crippen LogP contribution is -2.36. The van der Waals surface area contributed by atoms with Gasteiger partial charge in [0.05, 0.1) is 13.2 Å². The Morgan fingerprint density at radius 2 is 2.57 bits per heavy atom. The summed E-state index contributed by atoms with van der Waals surface area (Å²) in [4.78, 5) is 16.3. The maximum absolute atomic E-state index is 11.4. The van der Waals surface area contributed by atoms with Gasteiger partial charge in [0.15, 0.2) is 0 Å². The molecule has 1 aromatic rings. The second kappa shape index (κ2) is 3.74. The summed E-state index contributed by atoms with van der Waals surface area (Å²) >= 11 is 0. The van der Waals surface area contributed by atoms with Crippen molar-refractivity contribution in [2.75, 3.05) is 13.2 Å². The number of carbonyl (C=O) groups excluding carboxylic acids is 1. The molecule has 0 atom stereocenters. The summed E-state index contributed by atoms with van der Waals surface area (Å²) in [6, 6.07) is 2.01. The first-order valence-electron chi connectivity index (χ1n) is 4.88. The third-order valence-electron chi connectivity index (χ3n) is 2.45. The molecule has 0 saturated heterocycles. The van der Waals surface area contributed by atoms with Gasteiger partial charge in [0.25, 0.3) is 0 Å². The highest BCUT2D eigenvalue weighted by molar-refractivity contribution is 5.68. The molecule has 1 aliphatic heterocycles. The quantitative estimate of drug-likeness (QED) is 0.736. The normalized spacial score (nSPS) is 15.1. The minimum atomic E-state index is -0.209. The van der Waals surface area contributed by atoms with E-state index in [0.29, 0.717) is 13.2 Å². The molecule has 0 aromatic carbocycles. The number of ether oxygens (including phenoxy) is 1. The van der Waals surface area contributed by atoms with Crippen LogP contribution in [0.2, 0.25) is 0 Å². The second-order valence-corrected chi connectivity index (χ2v) is 3.35. The number of aromatic nitrogens is 1. The lowest BCUT2D eigenvalue weighted by molar-refractivity contribution is 0.102. The molecular weight excluding hydrogens is 180 g/mol. The number of nitrogens with zero attached hydrogens (tertiary/aromatic N) is 1. The van der Waals surface area contributed by atoms with E-state index in [-0.39, 0.29) is 6.09 Å². The molecule has 0 bridgehead atoms. The van der Waals surface area contributed by atoms with Crippen molar-refractivity contribution in [2.24, 2.45) is 0 Å². The van der Waals surface area contributed by atoms with E-state index < -0.39 is 0 Å². The summed E-state index contributed by atoms with van der Waals surface area (Å²) in [5.41, 5.74) is 2.44. The summed E-state index contributed by atoms with van der Waals surface area (Å²) in [6.45, 7) is 3.67. The SMILES string of the molecule is CCOC(=O)N1CCc2[nH]ccc2C1. The van der Waals surface area contributed by atoms with Gasteiger partial charge < -0.3 is 14.6 Å². The van der Waals surface area contributed by atoms with E-state index >= 15 is 0 Å². The van der Waals surface area contributed by atoms with Crippen LogP contribution in [-0.4, -0.2) is 29.1 Å². The van der Waals surface area contributed by atoms with Gasteiger partial charge in [-0.3, -0.25) is 0 Å². The van der Waals surface area contributed by atoms with Crippen molar-refractivity contribution in [1.29, 1.82) is 0 Å². The molecule has 0 aliphatic carbocycles. The zero-order valence-corrected chi connectivity index (χ0v) is 8.25. The van der Waals surface area contributed by atoms with Gasteiger partial charge in [0.2, 0.25) is 0 Å². The fourth-order valence-corrected chi connectivity index (χ4v) is 1.72. The molecule has 4 nitrogen and oxygen atoms in total. The Bertz CT molecular complexity index is 333. The summed E-state index contributed by atoms with van der Waals surface area (Å²) in [5, 5.41) is 0. The van der Waals surface area contributed by atoms with Gasteiger partial charge in [-0.05, 0) is 18.6 Å². The van der Waals surface area contributed by atoms with Gasteiger partial charge in [-0.1, -0.05) is 0 Å². The van der Waals surface area contributed by atoms with Crippen LogP contribution < -0.4 is 0 Å². The van der Waals surface area contributed by atoms with Crippen molar-refractivity contribution in [3.63, 3.8) is 0 Å². The smallest absolute Gasteiger partial charge is 0.410 e. The van der Waals surface area contributed by atoms with Crippen LogP contribution in [0.1, 0.15) is 18.2 Å². The predicted molar refractivity (Wildman–Crippen MR) is 51.9 cm³/mol. The molecular formula is C10H14N2O2. The number of fused-ring (bicyclic) bond motifs is 1. The maximum atomic E-state index is 11.4. The highest BCUT2D eigenvalue weighted by Gasteiger charge is 2.21. The van der Waals surface area contributed by atoms with Crippen molar-refractivity contribution in [3.8, 4) is 0 Å². The van der Waals surface area contributed by atoms with Gasteiger partial charge in [-0.25, -0.2) is 4.79 Å². The van der Waals surface area contributed by atoms with Gasteiger partial charge in [0.1, 0.15) is 0 Å². The number of aromatic amines is 1. The summed E-state index contributed by atoms with van der Waals surface area (Å²) in [5.74, 6) is 0. The number of hydrogen-bond donors (Lipinski definition) is 1. The number of carbonyl (C=O) groups is 1. The van der Waals surface area contributed by atoms with E-state index in [1.807, 2.05) is 19.2 Å². The molecule has 14 heavy (non-hydrogen) atoms. The fourth-order valence-electron chi connectivity index (χ4n) is 1.72. The van der Waals surface area contributed by atoms with E-state index in [9.17, 15) is 4.79 Å². The van der Waals surface area contributed by atoms with Gasteiger partial charge in [0, 0.05) is 24.9 Å². The molecule has 0 radical (unpaired) electrons. The number of nitrogens with one attached hydrogen (secondary N) is 1. The topological polar surface area (TPSA) is 45.3 Å². The van der Waals surface area contributed by atoms with E-state index in [4.69, 9.17) is 4.74 Å². The molecule has 0 fully saturated rings. The lowest BCUT2D eigenvalue weighted by Gasteiger charge is -2.25. The average molecular weight is 194 g/mol. The van der Waals surface area contributed by atoms with Crippen LogP contribution in [0.25, 0.3) is 0 Å². The van der Waals surface area contributed by atoms with E-state index in [1.54, 1.807) is 4.90 Å². The molecule has 1 aliphatic rings. The Labute approximate surface area is 82.9 Å². The molecule has 0 spiro atoms. The highest BCUT2D eigenvalue weighted by Crippen LogP contribution is 2.17. The van der Waals surface area contributed by atoms with Crippen molar-refractivity contribution < 1.29 is 9.53 Å². The zero-order valence-electron chi connectivity index (χ0n) is 8.25. The van der Waals surface area contributed by atoms with Crippen molar-refractivity contribution in [2.45, 2.75) is 19.9 Å². The number of hydrogen-bond acceptors (Lipinski definition) is 2. The Kier molecular flexibility index (Phi) is 2.43. The highest BCUT2D eigenvalue weighted by atomic mass is 16.6. The summed E-state index contributed by atoms with van der Waals surface area (Å²) < 4.78 is 4.95. The van der Waals surface area contributed by atoms with E-state index in [2.05, 4.69) is 4.98 Å². The zero-order chi connectivity index (χ0) is 9.97. The monoisotopic (exact) mass is 194 g/mol. The molecule has 2 rings (SSSR count). The number of H-pyrrole nitrogens is 1. The van der Waals surface area contributed by atoms with Crippen molar-refractivity contribution in [3.05, 3.63) is 23.5 Å². The minimum Gasteiger partial charge on any atom is -0.450 e. The average Bonchev–Trinajstić information content (AvgIpc) is 2.64. The van der Waals surface area contributed by atoms with Crippen molar-refractivity contribution >= 4 is 6.09 Å². The molecule has 0 unspecified atom stereocenters. The summed E-state index contributed by atoms with van der Waals surface area (Å²) in [6.07, 6.45) is 2.60. The van der Waals surface area contributed by atoms with E-state index in [0.717, 1.165) is 13.0 Å². The van der Waals surface area contributed by atoms with Crippen molar-refractivity contribution in [1.82, 2.24) is 9.88 Å². The Morgan fingerprint density at radius 1 is 1.71 bits per heavy atom. The minimum absolute atomic E-state index is 0.209. The molecule has 2 heterocycles. The molecule has 1 amide bonds. The van der Waals surface area contributed by atoms with Crippen LogP contribution in [0.5, 0.6) is 0 Å². The summed E-state index contributed by atoms with van der Waals surface area (Å²) in [7, 11) is 0. The van der Waals surface area contributed by atoms with Crippen LogP contribution in [0, 0.1) is 0 Å². The van der Waals surface area contributed by atoms with Crippen LogP contribution in [0.15, 0.2) is 12.3 Å². The first-order valence-corrected chi connectivity index (χ1v) is 4.88. The van der Waals surface area contributed by atoms with E-state index in [1.165, 1.54) is 11.3 Å².